The zero-order valence-electron chi connectivity index (χ0n) is 12.0. The van der Waals surface area contributed by atoms with Gasteiger partial charge in [0.05, 0.1) is 13.5 Å². The Hall–Kier alpha value is -1.85. The zero-order chi connectivity index (χ0) is 14.3. The van der Waals surface area contributed by atoms with Crippen molar-refractivity contribution in [2.75, 3.05) is 24.3 Å². The number of aryl methyl sites for hydroxylation is 1. The number of carbonyl (C=O) groups excluding carboxylic acids is 1. The van der Waals surface area contributed by atoms with Crippen LogP contribution in [0, 0.1) is 6.92 Å². The second-order valence-electron chi connectivity index (χ2n) is 4.39. The van der Waals surface area contributed by atoms with Gasteiger partial charge in [-0.05, 0) is 20.3 Å². The number of aromatic nitrogens is 2. The average molecular weight is 266 g/mol. The summed E-state index contributed by atoms with van der Waals surface area (Å²) in [5.74, 6) is 1.95. The molecule has 6 nitrogen and oxygen atoms in total. The third kappa shape index (κ3) is 5.54. The van der Waals surface area contributed by atoms with Gasteiger partial charge < -0.3 is 15.4 Å². The molecule has 2 N–H and O–H groups in total. The Kier molecular flexibility index (Phi) is 6.05. The summed E-state index contributed by atoms with van der Waals surface area (Å²) in [6.07, 6.45) is 1.34. The van der Waals surface area contributed by atoms with Crippen LogP contribution in [-0.4, -0.2) is 35.6 Å². The maximum absolute atomic E-state index is 11.0. The molecule has 6 heteroatoms. The normalized spacial score (nSPS) is 11.8. The van der Waals surface area contributed by atoms with E-state index in [1.807, 2.05) is 13.0 Å². The third-order valence-electron chi connectivity index (χ3n) is 2.71. The second kappa shape index (κ2) is 7.56. The Bertz CT molecular complexity index is 423. The first-order valence-electron chi connectivity index (χ1n) is 6.48. The summed E-state index contributed by atoms with van der Waals surface area (Å²) >= 11 is 0. The minimum absolute atomic E-state index is 0.240. The van der Waals surface area contributed by atoms with Gasteiger partial charge in [-0.25, -0.2) is 9.97 Å². The standard InChI is InChI=1S/C13H22N4O2/c1-5-9(2)15-12-8-11(16-10(3)17-12)14-7-6-13(18)19-4/h8-9H,5-7H2,1-4H3,(H2,14,15,16,17). The van der Waals surface area contributed by atoms with Crippen LogP contribution in [-0.2, 0) is 9.53 Å². The van der Waals surface area contributed by atoms with E-state index in [1.54, 1.807) is 0 Å². The summed E-state index contributed by atoms with van der Waals surface area (Å²) in [4.78, 5) is 19.6. The van der Waals surface area contributed by atoms with Gasteiger partial charge in [0, 0.05) is 18.7 Å². The Balaban J connectivity index is 2.60. The number of rotatable bonds is 7. The fourth-order valence-corrected chi connectivity index (χ4v) is 1.48. The molecule has 0 aliphatic carbocycles. The van der Waals surface area contributed by atoms with Crippen LogP contribution < -0.4 is 10.6 Å². The number of anilines is 2. The Labute approximate surface area is 114 Å². The number of nitrogens with zero attached hydrogens (tertiary/aromatic N) is 2. The van der Waals surface area contributed by atoms with Gasteiger partial charge in [0.15, 0.2) is 0 Å². The van der Waals surface area contributed by atoms with Crippen molar-refractivity contribution >= 4 is 17.6 Å². The highest BCUT2D eigenvalue weighted by Crippen LogP contribution is 2.12. The van der Waals surface area contributed by atoms with Crippen LogP contribution in [0.4, 0.5) is 11.6 Å². The molecule has 1 aromatic rings. The number of nitrogens with one attached hydrogen (secondary N) is 2. The Morgan fingerprint density at radius 1 is 1.42 bits per heavy atom. The summed E-state index contributed by atoms with van der Waals surface area (Å²) in [5, 5.41) is 6.39. The molecule has 19 heavy (non-hydrogen) atoms. The van der Waals surface area contributed by atoms with Gasteiger partial charge >= 0.3 is 5.97 Å². The van der Waals surface area contributed by atoms with E-state index in [1.165, 1.54) is 7.11 Å². The largest absolute Gasteiger partial charge is 0.469 e. The molecular formula is C13H22N4O2. The molecule has 0 aliphatic rings. The van der Waals surface area contributed by atoms with Crippen LogP contribution >= 0.6 is 0 Å². The van der Waals surface area contributed by atoms with E-state index in [9.17, 15) is 4.79 Å². The fourth-order valence-electron chi connectivity index (χ4n) is 1.48. The van der Waals surface area contributed by atoms with E-state index in [4.69, 9.17) is 0 Å². The number of methoxy groups -OCH3 is 1. The maximum Gasteiger partial charge on any atom is 0.307 e. The van der Waals surface area contributed by atoms with Gasteiger partial charge in [-0.2, -0.15) is 0 Å². The van der Waals surface area contributed by atoms with Crippen molar-refractivity contribution in [2.24, 2.45) is 0 Å². The predicted octanol–water partition coefficient (Wildman–Crippen LogP) is 1.97. The van der Waals surface area contributed by atoms with E-state index >= 15 is 0 Å². The molecule has 0 radical (unpaired) electrons. The highest BCUT2D eigenvalue weighted by molar-refractivity contribution is 5.69. The van der Waals surface area contributed by atoms with Gasteiger partial charge in [0.1, 0.15) is 17.5 Å². The van der Waals surface area contributed by atoms with Crippen molar-refractivity contribution in [1.82, 2.24) is 9.97 Å². The average Bonchev–Trinajstić information content (AvgIpc) is 2.37. The first-order valence-corrected chi connectivity index (χ1v) is 6.48. The lowest BCUT2D eigenvalue weighted by atomic mass is 10.2. The lowest BCUT2D eigenvalue weighted by Gasteiger charge is -2.14. The molecule has 0 saturated heterocycles. The van der Waals surface area contributed by atoms with E-state index in [2.05, 4.69) is 39.2 Å². The predicted molar refractivity (Wildman–Crippen MR) is 75.3 cm³/mol. The molecule has 0 aliphatic heterocycles. The molecule has 1 aromatic heterocycles. The molecular weight excluding hydrogens is 244 g/mol. The molecule has 106 valence electrons. The lowest BCUT2D eigenvalue weighted by Crippen LogP contribution is -2.16. The molecule has 0 spiro atoms. The molecule has 1 rings (SSSR count). The maximum atomic E-state index is 11.0. The molecule has 0 aromatic carbocycles. The van der Waals surface area contributed by atoms with E-state index < -0.39 is 0 Å². The highest BCUT2D eigenvalue weighted by atomic mass is 16.5. The summed E-state index contributed by atoms with van der Waals surface area (Å²) in [6.45, 7) is 6.54. The van der Waals surface area contributed by atoms with Crippen molar-refractivity contribution in [2.45, 2.75) is 39.7 Å². The SMILES string of the molecule is CCC(C)Nc1cc(NCCC(=O)OC)nc(C)n1. The lowest BCUT2D eigenvalue weighted by molar-refractivity contribution is -0.140. The zero-order valence-corrected chi connectivity index (χ0v) is 12.0. The molecule has 0 fully saturated rings. The third-order valence-corrected chi connectivity index (χ3v) is 2.71. The molecule has 1 unspecified atom stereocenters. The number of esters is 1. The smallest absolute Gasteiger partial charge is 0.307 e. The molecule has 1 heterocycles. The van der Waals surface area contributed by atoms with Crippen LogP contribution in [0.2, 0.25) is 0 Å². The van der Waals surface area contributed by atoms with Crippen LogP contribution in [0.1, 0.15) is 32.5 Å². The quantitative estimate of drug-likeness (QED) is 0.735. The van der Waals surface area contributed by atoms with Crippen molar-refractivity contribution in [3.8, 4) is 0 Å². The molecule has 1 atom stereocenters. The van der Waals surface area contributed by atoms with Gasteiger partial charge in [0.2, 0.25) is 0 Å². The van der Waals surface area contributed by atoms with Crippen molar-refractivity contribution < 1.29 is 9.53 Å². The Morgan fingerprint density at radius 2 is 2.11 bits per heavy atom. The number of carbonyl (C=O) groups is 1. The van der Waals surface area contributed by atoms with Crippen molar-refractivity contribution in [3.63, 3.8) is 0 Å². The monoisotopic (exact) mass is 266 g/mol. The van der Waals surface area contributed by atoms with Gasteiger partial charge in [-0.3, -0.25) is 4.79 Å². The summed E-state index contributed by atoms with van der Waals surface area (Å²) in [6, 6.07) is 2.20. The van der Waals surface area contributed by atoms with Crippen molar-refractivity contribution in [1.29, 1.82) is 0 Å². The van der Waals surface area contributed by atoms with Crippen molar-refractivity contribution in [3.05, 3.63) is 11.9 Å². The van der Waals surface area contributed by atoms with Crippen LogP contribution in [0.25, 0.3) is 0 Å². The number of ether oxygens (including phenoxy) is 1. The van der Waals surface area contributed by atoms with E-state index in [-0.39, 0.29) is 5.97 Å². The van der Waals surface area contributed by atoms with Crippen LogP contribution in [0.15, 0.2) is 6.07 Å². The second-order valence-corrected chi connectivity index (χ2v) is 4.39. The number of hydrogen-bond acceptors (Lipinski definition) is 6. The summed E-state index contributed by atoms with van der Waals surface area (Å²) in [5.41, 5.74) is 0. The highest BCUT2D eigenvalue weighted by Gasteiger charge is 2.05. The van der Waals surface area contributed by atoms with E-state index in [0.717, 1.165) is 12.2 Å². The molecule has 0 bridgehead atoms. The van der Waals surface area contributed by atoms with Crippen LogP contribution in [0.5, 0.6) is 0 Å². The van der Waals surface area contributed by atoms with Crippen LogP contribution in [0.3, 0.4) is 0 Å². The first-order chi connectivity index (χ1) is 9.05. The van der Waals surface area contributed by atoms with Gasteiger partial charge in [0.25, 0.3) is 0 Å². The molecule has 0 saturated carbocycles. The molecule has 0 amide bonds. The van der Waals surface area contributed by atoms with E-state index in [0.29, 0.717) is 30.6 Å². The summed E-state index contributed by atoms with van der Waals surface area (Å²) in [7, 11) is 1.38. The Morgan fingerprint density at radius 3 is 2.74 bits per heavy atom. The fraction of sp³-hybridized carbons (Fsp3) is 0.615. The first kappa shape index (κ1) is 15.2. The summed E-state index contributed by atoms with van der Waals surface area (Å²) < 4.78 is 4.58. The van der Waals surface area contributed by atoms with Gasteiger partial charge in [-0.15, -0.1) is 0 Å². The number of hydrogen-bond donors (Lipinski definition) is 2. The van der Waals surface area contributed by atoms with Gasteiger partial charge in [-0.1, -0.05) is 6.92 Å². The topological polar surface area (TPSA) is 76.1 Å². The minimum Gasteiger partial charge on any atom is -0.469 e. The minimum atomic E-state index is -0.240.